The minimum atomic E-state index is -0.547. The maximum atomic E-state index is 12.0. The van der Waals surface area contributed by atoms with E-state index in [0.29, 0.717) is 11.6 Å². The number of Topliss-reactive ketones (excluding diaryl/α,β-unsaturated/α-hetero) is 1. The Hall–Kier alpha value is -1.29. The first kappa shape index (κ1) is 14.1. The molecule has 0 bridgehead atoms. The van der Waals surface area contributed by atoms with E-state index in [0.717, 1.165) is 24.2 Å². The summed E-state index contributed by atoms with van der Waals surface area (Å²) in [6, 6.07) is 2.16. The first-order valence-corrected chi connectivity index (χ1v) is 6.98. The second kappa shape index (κ2) is 5.37. The number of amides is 1. The maximum absolute atomic E-state index is 12.0. The summed E-state index contributed by atoms with van der Waals surface area (Å²) in [5, 5.41) is 2.40. The number of aromatic nitrogens is 1. The quantitative estimate of drug-likeness (QED) is 0.665. The Morgan fingerprint density at radius 3 is 2.63 bits per heavy atom. The molecule has 1 atom stereocenters. The highest BCUT2D eigenvalue weighted by Crippen LogP contribution is 2.20. The zero-order chi connectivity index (χ0) is 14.2. The van der Waals surface area contributed by atoms with Gasteiger partial charge in [0.05, 0.1) is 5.38 Å². The average molecular weight is 283 g/mol. The van der Waals surface area contributed by atoms with Crippen molar-refractivity contribution >= 4 is 23.3 Å². The van der Waals surface area contributed by atoms with Gasteiger partial charge in [-0.15, -0.1) is 11.6 Å². The van der Waals surface area contributed by atoms with Crippen LogP contribution in [0.25, 0.3) is 0 Å². The Balaban J connectivity index is 2.16. The van der Waals surface area contributed by atoms with E-state index in [-0.39, 0.29) is 18.2 Å². The molecule has 1 fully saturated rings. The van der Waals surface area contributed by atoms with Gasteiger partial charge in [0.25, 0.3) is 0 Å². The second-order valence-electron chi connectivity index (χ2n) is 5.19. The van der Waals surface area contributed by atoms with Crippen molar-refractivity contribution < 1.29 is 9.59 Å². The van der Waals surface area contributed by atoms with Crippen molar-refractivity contribution in [2.75, 3.05) is 0 Å². The zero-order valence-corrected chi connectivity index (χ0v) is 12.3. The third-order valence-corrected chi connectivity index (χ3v) is 3.64. The molecule has 0 saturated heterocycles. The molecule has 1 aliphatic rings. The largest absolute Gasteiger partial charge is 0.352 e. The predicted molar refractivity (Wildman–Crippen MR) is 74.7 cm³/mol. The fraction of sp³-hybridized carbons (Fsp3) is 0.571. The van der Waals surface area contributed by atoms with Crippen molar-refractivity contribution in [3.63, 3.8) is 0 Å². The Labute approximate surface area is 118 Å². The minimum Gasteiger partial charge on any atom is -0.352 e. The number of nitrogens with zero attached hydrogens (tertiary/aromatic N) is 1. The number of hydrogen-bond donors (Lipinski definition) is 1. The lowest BCUT2D eigenvalue weighted by molar-refractivity contribution is -0.121. The molecule has 0 aliphatic heterocycles. The van der Waals surface area contributed by atoms with Crippen LogP contribution in [0, 0.1) is 13.8 Å². The van der Waals surface area contributed by atoms with Gasteiger partial charge < -0.3 is 9.88 Å². The van der Waals surface area contributed by atoms with E-state index in [2.05, 4.69) is 5.32 Å². The van der Waals surface area contributed by atoms with Crippen molar-refractivity contribution in [1.29, 1.82) is 0 Å². The summed E-state index contributed by atoms with van der Waals surface area (Å²) < 4.78 is 1.87. The first-order chi connectivity index (χ1) is 8.90. The summed E-state index contributed by atoms with van der Waals surface area (Å²) in [7, 11) is 0. The van der Waals surface area contributed by atoms with E-state index in [1.54, 1.807) is 13.0 Å². The van der Waals surface area contributed by atoms with Crippen LogP contribution in [-0.2, 0) is 11.3 Å². The standard InChI is InChI=1S/C14H19ClN2O2/c1-8-6-12(14(19)9(2)15)10(3)17(8)7-13(18)16-11-4-5-11/h6,9,11H,4-5,7H2,1-3H3,(H,16,18). The van der Waals surface area contributed by atoms with Gasteiger partial charge in [-0.05, 0) is 39.7 Å². The highest BCUT2D eigenvalue weighted by atomic mass is 35.5. The van der Waals surface area contributed by atoms with Gasteiger partial charge in [0, 0.05) is 23.0 Å². The third-order valence-electron chi connectivity index (χ3n) is 3.44. The van der Waals surface area contributed by atoms with Crippen molar-refractivity contribution in [2.45, 2.75) is 51.6 Å². The Morgan fingerprint density at radius 2 is 2.11 bits per heavy atom. The molecule has 4 nitrogen and oxygen atoms in total. The van der Waals surface area contributed by atoms with E-state index in [1.807, 2.05) is 18.4 Å². The van der Waals surface area contributed by atoms with E-state index in [4.69, 9.17) is 11.6 Å². The number of rotatable bonds is 5. The number of ketones is 1. The second-order valence-corrected chi connectivity index (χ2v) is 5.85. The smallest absolute Gasteiger partial charge is 0.240 e. The van der Waals surface area contributed by atoms with E-state index in [9.17, 15) is 9.59 Å². The molecule has 1 heterocycles. The van der Waals surface area contributed by atoms with Crippen LogP contribution < -0.4 is 5.32 Å². The molecule has 1 N–H and O–H groups in total. The molecule has 0 spiro atoms. The summed E-state index contributed by atoms with van der Waals surface area (Å²) in [5.41, 5.74) is 2.32. The number of carbonyl (C=O) groups excluding carboxylic acids is 2. The van der Waals surface area contributed by atoms with Crippen LogP contribution in [0.1, 0.15) is 41.5 Å². The molecule has 104 valence electrons. The van der Waals surface area contributed by atoms with Crippen LogP contribution in [0.2, 0.25) is 0 Å². The summed E-state index contributed by atoms with van der Waals surface area (Å²) in [4.78, 5) is 23.8. The lowest BCUT2D eigenvalue weighted by Gasteiger charge is -2.10. The molecule has 2 rings (SSSR count). The number of aryl methyl sites for hydroxylation is 1. The summed E-state index contributed by atoms with van der Waals surface area (Å²) in [6.45, 7) is 5.67. The number of hydrogen-bond acceptors (Lipinski definition) is 2. The lowest BCUT2D eigenvalue weighted by Crippen LogP contribution is -2.30. The van der Waals surface area contributed by atoms with E-state index < -0.39 is 5.38 Å². The van der Waals surface area contributed by atoms with E-state index in [1.165, 1.54) is 0 Å². The van der Waals surface area contributed by atoms with Gasteiger partial charge in [-0.2, -0.15) is 0 Å². The van der Waals surface area contributed by atoms with Crippen LogP contribution in [0.5, 0.6) is 0 Å². The molecule has 1 saturated carbocycles. The van der Waals surface area contributed by atoms with E-state index >= 15 is 0 Å². The summed E-state index contributed by atoms with van der Waals surface area (Å²) >= 11 is 5.84. The van der Waals surface area contributed by atoms with Gasteiger partial charge in [-0.1, -0.05) is 0 Å². The van der Waals surface area contributed by atoms with Gasteiger partial charge in [0.15, 0.2) is 5.78 Å². The molecule has 1 amide bonds. The molecular formula is C14H19ClN2O2. The number of halogens is 1. The molecule has 19 heavy (non-hydrogen) atoms. The van der Waals surface area contributed by atoms with Crippen LogP contribution >= 0.6 is 11.6 Å². The molecule has 1 unspecified atom stereocenters. The van der Waals surface area contributed by atoms with Crippen LogP contribution in [0.3, 0.4) is 0 Å². The third kappa shape index (κ3) is 3.18. The molecule has 0 aromatic carbocycles. The summed E-state index contributed by atoms with van der Waals surface area (Å²) in [6.07, 6.45) is 2.14. The Kier molecular flexibility index (Phi) is 3.99. The van der Waals surface area contributed by atoms with Crippen LogP contribution in [0.15, 0.2) is 6.07 Å². The zero-order valence-electron chi connectivity index (χ0n) is 11.5. The number of alkyl halides is 1. The number of nitrogens with one attached hydrogen (secondary N) is 1. The van der Waals surface area contributed by atoms with Gasteiger partial charge in [-0.3, -0.25) is 9.59 Å². The predicted octanol–water partition coefficient (Wildman–Crippen LogP) is 2.19. The molecule has 5 heteroatoms. The highest BCUT2D eigenvalue weighted by Gasteiger charge is 2.24. The highest BCUT2D eigenvalue weighted by molar-refractivity contribution is 6.33. The first-order valence-electron chi connectivity index (χ1n) is 6.54. The molecule has 1 aromatic heterocycles. The van der Waals surface area contributed by atoms with Gasteiger partial charge >= 0.3 is 0 Å². The average Bonchev–Trinajstić information content (AvgIpc) is 3.10. The van der Waals surface area contributed by atoms with Crippen molar-refractivity contribution in [2.24, 2.45) is 0 Å². The van der Waals surface area contributed by atoms with Gasteiger partial charge in [0.1, 0.15) is 6.54 Å². The van der Waals surface area contributed by atoms with Crippen molar-refractivity contribution in [3.8, 4) is 0 Å². The van der Waals surface area contributed by atoms with Gasteiger partial charge in [-0.25, -0.2) is 0 Å². The van der Waals surface area contributed by atoms with Crippen LogP contribution in [-0.4, -0.2) is 27.7 Å². The topological polar surface area (TPSA) is 51.1 Å². The lowest BCUT2D eigenvalue weighted by atomic mass is 10.1. The fourth-order valence-electron chi connectivity index (χ4n) is 2.15. The summed E-state index contributed by atoms with van der Waals surface area (Å²) in [5.74, 6) is -0.0918. The molecular weight excluding hydrogens is 264 g/mol. The fourth-order valence-corrected chi connectivity index (χ4v) is 2.27. The SMILES string of the molecule is Cc1cc(C(=O)C(C)Cl)c(C)n1CC(=O)NC1CC1. The normalized spacial score (nSPS) is 16.2. The Morgan fingerprint density at radius 1 is 1.47 bits per heavy atom. The monoisotopic (exact) mass is 282 g/mol. The molecule has 1 aromatic rings. The van der Waals surface area contributed by atoms with Crippen molar-refractivity contribution in [1.82, 2.24) is 9.88 Å². The maximum Gasteiger partial charge on any atom is 0.240 e. The molecule has 0 radical (unpaired) electrons. The minimum absolute atomic E-state index is 0.00206. The number of carbonyl (C=O) groups is 2. The van der Waals surface area contributed by atoms with Crippen LogP contribution in [0.4, 0.5) is 0 Å². The Bertz CT molecular complexity index is 516. The molecule has 1 aliphatic carbocycles. The van der Waals surface area contributed by atoms with Crippen molar-refractivity contribution in [3.05, 3.63) is 23.0 Å². The van der Waals surface area contributed by atoms with Gasteiger partial charge in [0.2, 0.25) is 5.91 Å².